The molecule has 0 unspecified atom stereocenters. The smallest absolute Gasteiger partial charge is 0.227 e. The Morgan fingerprint density at radius 1 is 0.967 bits per heavy atom. The third-order valence-electron chi connectivity index (χ3n) is 5.93. The largest absolute Gasteiger partial charge is 0.320 e. The molecule has 30 heavy (non-hydrogen) atoms. The number of rotatable bonds is 4. The summed E-state index contributed by atoms with van der Waals surface area (Å²) in [6.45, 7) is 2.57. The van der Waals surface area contributed by atoms with Crippen LogP contribution in [-0.4, -0.2) is 22.0 Å². The lowest BCUT2D eigenvalue weighted by Gasteiger charge is -2.21. The first-order valence-electron chi connectivity index (χ1n) is 10.2. The second-order valence-electron chi connectivity index (χ2n) is 7.77. The van der Waals surface area contributed by atoms with Crippen LogP contribution in [0.15, 0.2) is 78.9 Å². The third-order valence-corrected chi connectivity index (χ3v) is 5.93. The van der Waals surface area contributed by atoms with Crippen LogP contribution in [-0.2, 0) is 4.79 Å². The first-order chi connectivity index (χ1) is 14.6. The number of hydrogen-bond donors (Lipinski definition) is 0. The van der Waals surface area contributed by atoms with Gasteiger partial charge in [0.15, 0.2) is 0 Å². The molecule has 0 radical (unpaired) electrons. The van der Waals surface area contributed by atoms with Gasteiger partial charge in [0.05, 0.1) is 22.8 Å². The van der Waals surface area contributed by atoms with Gasteiger partial charge in [-0.1, -0.05) is 54.6 Å². The van der Waals surface area contributed by atoms with Crippen LogP contribution in [0.2, 0.25) is 0 Å². The molecule has 4 aromatic rings. The molecule has 3 aromatic carbocycles. The van der Waals surface area contributed by atoms with Crippen molar-refractivity contribution >= 4 is 22.6 Å². The highest BCUT2D eigenvalue weighted by Crippen LogP contribution is 2.36. The van der Waals surface area contributed by atoms with E-state index in [-0.39, 0.29) is 23.7 Å². The van der Waals surface area contributed by atoms with Gasteiger partial charge in [-0.3, -0.25) is 4.79 Å². The summed E-state index contributed by atoms with van der Waals surface area (Å²) >= 11 is 0. The number of aromatic nitrogens is 2. The van der Waals surface area contributed by atoms with Gasteiger partial charge in [-0.15, -0.1) is 0 Å². The lowest BCUT2D eigenvalue weighted by molar-refractivity contribution is -0.117. The van der Waals surface area contributed by atoms with Gasteiger partial charge in [0.25, 0.3) is 0 Å². The molecule has 1 saturated heterocycles. The highest BCUT2D eigenvalue weighted by Gasteiger charge is 2.36. The van der Waals surface area contributed by atoms with Gasteiger partial charge in [0.1, 0.15) is 11.6 Å². The number of carbonyl (C=O) groups is 1. The zero-order chi connectivity index (χ0) is 20.7. The molecule has 0 aliphatic carbocycles. The minimum absolute atomic E-state index is 0.0613. The van der Waals surface area contributed by atoms with Crippen molar-refractivity contribution in [1.82, 2.24) is 9.55 Å². The molecule has 1 fully saturated rings. The summed E-state index contributed by atoms with van der Waals surface area (Å²) in [6.07, 6.45) is 0.319. The molecular weight excluding hydrogens is 377 g/mol. The molecule has 0 N–H and O–H groups in total. The van der Waals surface area contributed by atoms with Crippen LogP contribution >= 0.6 is 0 Å². The third kappa shape index (κ3) is 3.07. The van der Waals surface area contributed by atoms with Crippen molar-refractivity contribution < 1.29 is 9.18 Å². The normalized spacial score (nSPS) is 17.6. The number of imidazole rings is 1. The van der Waals surface area contributed by atoms with Crippen molar-refractivity contribution in [2.75, 3.05) is 11.4 Å². The van der Waals surface area contributed by atoms with Crippen LogP contribution in [0, 0.1) is 5.82 Å². The van der Waals surface area contributed by atoms with Crippen LogP contribution < -0.4 is 4.90 Å². The molecular formula is C25H22FN3O. The summed E-state index contributed by atoms with van der Waals surface area (Å²) < 4.78 is 16.6. The van der Waals surface area contributed by atoms with Crippen molar-refractivity contribution in [3.63, 3.8) is 0 Å². The Kier molecular flexibility index (Phi) is 4.58. The molecule has 2 heterocycles. The predicted octanol–water partition coefficient (Wildman–Crippen LogP) is 5.31. The number of halogens is 1. The zero-order valence-corrected chi connectivity index (χ0v) is 16.7. The molecule has 1 aliphatic heterocycles. The van der Waals surface area contributed by atoms with E-state index in [1.807, 2.05) is 36.4 Å². The van der Waals surface area contributed by atoms with E-state index in [0.717, 1.165) is 16.9 Å². The first-order valence-corrected chi connectivity index (χ1v) is 10.2. The van der Waals surface area contributed by atoms with Gasteiger partial charge in [0.2, 0.25) is 5.91 Å². The first kappa shape index (κ1) is 18.6. The number of hydrogen-bond acceptors (Lipinski definition) is 2. The fourth-order valence-electron chi connectivity index (χ4n) is 4.42. The van der Waals surface area contributed by atoms with Crippen LogP contribution in [0.25, 0.3) is 11.0 Å². The standard InChI is InChI=1S/C25H22FN3O/c1-17(18-9-3-2-4-10-18)29-23-14-8-6-12-21(23)27-25(29)19-15-24(30)28(16-19)22-13-7-5-11-20(22)26/h2-14,17,19H,15-16H2,1H3/t17-,19+/m1/s1. The summed E-state index contributed by atoms with van der Waals surface area (Å²) in [5.41, 5.74) is 3.47. The van der Waals surface area contributed by atoms with Crippen LogP contribution in [0.4, 0.5) is 10.1 Å². The van der Waals surface area contributed by atoms with E-state index < -0.39 is 0 Å². The number of para-hydroxylation sites is 3. The van der Waals surface area contributed by atoms with E-state index in [1.54, 1.807) is 23.1 Å². The van der Waals surface area contributed by atoms with Crippen molar-refractivity contribution in [1.29, 1.82) is 0 Å². The SMILES string of the molecule is C[C@H](c1ccccc1)n1c([C@H]2CC(=O)N(c3ccccc3F)C2)nc2ccccc21. The quantitative estimate of drug-likeness (QED) is 0.467. The maximum Gasteiger partial charge on any atom is 0.227 e. The van der Waals surface area contributed by atoms with Gasteiger partial charge in [-0.05, 0) is 36.8 Å². The molecule has 1 amide bonds. The Morgan fingerprint density at radius 3 is 2.47 bits per heavy atom. The predicted molar refractivity (Wildman–Crippen MR) is 116 cm³/mol. The fraction of sp³-hybridized carbons (Fsp3) is 0.200. The fourth-order valence-corrected chi connectivity index (χ4v) is 4.42. The Bertz CT molecular complexity index is 1220. The second-order valence-corrected chi connectivity index (χ2v) is 7.77. The summed E-state index contributed by atoms with van der Waals surface area (Å²) in [7, 11) is 0. The summed E-state index contributed by atoms with van der Waals surface area (Å²) in [6, 6.07) is 24.8. The number of anilines is 1. The average Bonchev–Trinajstić information content (AvgIpc) is 3.35. The monoisotopic (exact) mass is 399 g/mol. The molecule has 1 aromatic heterocycles. The van der Waals surface area contributed by atoms with E-state index in [0.29, 0.717) is 18.7 Å². The van der Waals surface area contributed by atoms with Crippen molar-refractivity contribution in [3.8, 4) is 0 Å². The van der Waals surface area contributed by atoms with E-state index in [9.17, 15) is 9.18 Å². The lowest BCUT2D eigenvalue weighted by atomic mass is 10.0. The molecule has 2 atom stereocenters. The van der Waals surface area contributed by atoms with E-state index >= 15 is 0 Å². The maximum absolute atomic E-state index is 14.3. The highest BCUT2D eigenvalue weighted by molar-refractivity contribution is 5.96. The number of nitrogens with zero attached hydrogens (tertiary/aromatic N) is 3. The summed E-state index contributed by atoms with van der Waals surface area (Å²) in [4.78, 5) is 19.3. The Labute approximate surface area is 174 Å². The van der Waals surface area contributed by atoms with Crippen LogP contribution in [0.1, 0.15) is 36.7 Å². The molecule has 0 bridgehead atoms. The van der Waals surface area contributed by atoms with Gasteiger partial charge < -0.3 is 9.47 Å². The molecule has 5 heteroatoms. The minimum atomic E-state index is -0.377. The van der Waals surface area contributed by atoms with E-state index in [1.165, 1.54) is 11.6 Å². The average molecular weight is 399 g/mol. The van der Waals surface area contributed by atoms with Crippen molar-refractivity contribution in [2.45, 2.75) is 25.3 Å². The number of amides is 1. The highest BCUT2D eigenvalue weighted by atomic mass is 19.1. The summed E-state index contributed by atoms with van der Waals surface area (Å²) in [5, 5.41) is 0. The number of carbonyl (C=O) groups excluding carboxylic acids is 1. The zero-order valence-electron chi connectivity index (χ0n) is 16.7. The number of benzene rings is 3. The Balaban J connectivity index is 1.58. The van der Waals surface area contributed by atoms with Gasteiger partial charge in [-0.25, -0.2) is 9.37 Å². The van der Waals surface area contributed by atoms with Gasteiger partial charge in [-0.2, -0.15) is 0 Å². The van der Waals surface area contributed by atoms with Crippen LogP contribution in [0.5, 0.6) is 0 Å². The topological polar surface area (TPSA) is 38.1 Å². The number of fused-ring (bicyclic) bond motifs is 1. The van der Waals surface area contributed by atoms with Crippen LogP contribution in [0.3, 0.4) is 0 Å². The second kappa shape index (κ2) is 7.41. The van der Waals surface area contributed by atoms with Crippen molar-refractivity contribution in [2.24, 2.45) is 0 Å². The van der Waals surface area contributed by atoms with E-state index in [4.69, 9.17) is 4.98 Å². The molecule has 0 saturated carbocycles. The van der Waals surface area contributed by atoms with Gasteiger partial charge in [0, 0.05) is 18.9 Å². The molecule has 1 aliphatic rings. The molecule has 0 spiro atoms. The molecule has 5 rings (SSSR count). The minimum Gasteiger partial charge on any atom is -0.320 e. The Hall–Kier alpha value is -3.47. The lowest BCUT2D eigenvalue weighted by Crippen LogP contribution is -2.25. The van der Waals surface area contributed by atoms with E-state index in [2.05, 4.69) is 29.7 Å². The summed E-state index contributed by atoms with van der Waals surface area (Å²) in [5.74, 6) is 0.323. The Morgan fingerprint density at radius 2 is 1.67 bits per heavy atom. The molecule has 150 valence electrons. The maximum atomic E-state index is 14.3. The van der Waals surface area contributed by atoms with Gasteiger partial charge >= 0.3 is 0 Å². The van der Waals surface area contributed by atoms with Crippen molar-refractivity contribution in [3.05, 3.63) is 96.1 Å². The molecule has 4 nitrogen and oxygen atoms in total.